The maximum absolute atomic E-state index is 12.8. The molecule has 0 aromatic carbocycles. The number of nitrogens with zero attached hydrogens (tertiary/aromatic N) is 1. The van der Waals surface area contributed by atoms with Crippen LogP contribution in [0.1, 0.15) is 23.4 Å². The van der Waals surface area contributed by atoms with Gasteiger partial charge in [0, 0.05) is 9.80 Å². The molecule has 0 fully saturated rings. The lowest BCUT2D eigenvalue weighted by molar-refractivity contribution is -0.139. The van der Waals surface area contributed by atoms with Crippen LogP contribution in [0.2, 0.25) is 0 Å². The Hall–Kier alpha value is -0.560. The third kappa shape index (κ3) is 3.70. The molecule has 0 saturated heterocycles. The maximum atomic E-state index is 12.8. The standard InChI is InChI=1S/C10H9Br2F2NO2/c1-17-8(16)3-5-2-6(12)7(4-11)15-9(5)10(13)14/h2,10H,3-4H2,1H3. The summed E-state index contributed by atoms with van der Waals surface area (Å²) in [6, 6.07) is 1.47. The van der Waals surface area contributed by atoms with Crippen molar-refractivity contribution in [3.05, 3.63) is 27.5 Å². The van der Waals surface area contributed by atoms with Crippen LogP contribution >= 0.6 is 31.9 Å². The molecule has 7 heteroatoms. The third-order valence-electron chi connectivity index (χ3n) is 2.06. The van der Waals surface area contributed by atoms with Crippen molar-refractivity contribution >= 4 is 37.8 Å². The van der Waals surface area contributed by atoms with E-state index in [1.54, 1.807) is 0 Å². The second-order valence-corrected chi connectivity index (χ2v) is 4.56. The third-order valence-corrected chi connectivity index (χ3v) is 3.27. The van der Waals surface area contributed by atoms with Crippen molar-refractivity contribution in [2.45, 2.75) is 18.2 Å². The number of rotatable bonds is 4. The highest BCUT2D eigenvalue weighted by Crippen LogP contribution is 2.27. The second-order valence-electron chi connectivity index (χ2n) is 3.15. The van der Waals surface area contributed by atoms with Crippen molar-refractivity contribution in [3.8, 4) is 0 Å². The number of halogens is 4. The fourth-order valence-electron chi connectivity index (χ4n) is 1.23. The van der Waals surface area contributed by atoms with Crippen molar-refractivity contribution in [3.63, 3.8) is 0 Å². The van der Waals surface area contributed by atoms with E-state index in [2.05, 4.69) is 41.6 Å². The van der Waals surface area contributed by atoms with E-state index in [0.717, 1.165) is 0 Å². The highest BCUT2D eigenvalue weighted by atomic mass is 79.9. The average molecular weight is 373 g/mol. The lowest BCUT2D eigenvalue weighted by Gasteiger charge is -2.10. The normalized spacial score (nSPS) is 10.7. The van der Waals surface area contributed by atoms with E-state index >= 15 is 0 Å². The molecular formula is C10H9Br2F2NO2. The Kier molecular flexibility index (Phi) is 5.45. The summed E-state index contributed by atoms with van der Waals surface area (Å²) < 4.78 is 30.6. The lowest BCUT2D eigenvalue weighted by atomic mass is 10.1. The second kappa shape index (κ2) is 6.39. The highest BCUT2D eigenvalue weighted by Gasteiger charge is 2.19. The Labute approximate surface area is 114 Å². The Bertz CT molecular complexity index is 427. The van der Waals surface area contributed by atoms with Gasteiger partial charge in [0.1, 0.15) is 5.69 Å². The maximum Gasteiger partial charge on any atom is 0.310 e. The van der Waals surface area contributed by atoms with Crippen LogP contribution in [0.3, 0.4) is 0 Å². The van der Waals surface area contributed by atoms with Crippen LogP contribution in [0.25, 0.3) is 0 Å². The summed E-state index contributed by atoms with van der Waals surface area (Å²) in [6.45, 7) is 0. The summed E-state index contributed by atoms with van der Waals surface area (Å²) in [5.74, 6) is -0.577. The van der Waals surface area contributed by atoms with E-state index in [4.69, 9.17) is 0 Å². The molecular weight excluding hydrogens is 364 g/mol. The van der Waals surface area contributed by atoms with Crippen LogP contribution in [0, 0.1) is 0 Å². The molecule has 0 aliphatic carbocycles. The van der Waals surface area contributed by atoms with Crippen LogP contribution in [0.15, 0.2) is 10.5 Å². The molecule has 1 heterocycles. The van der Waals surface area contributed by atoms with Gasteiger partial charge in [-0.25, -0.2) is 13.8 Å². The minimum atomic E-state index is -2.72. The Morgan fingerprint density at radius 1 is 1.59 bits per heavy atom. The molecule has 17 heavy (non-hydrogen) atoms. The summed E-state index contributed by atoms with van der Waals surface area (Å²) in [4.78, 5) is 14.9. The fraction of sp³-hybridized carbons (Fsp3) is 0.400. The zero-order chi connectivity index (χ0) is 13.0. The first-order valence-electron chi connectivity index (χ1n) is 4.58. The molecule has 1 aromatic rings. The van der Waals surface area contributed by atoms with Crippen molar-refractivity contribution < 1.29 is 18.3 Å². The first-order chi connectivity index (χ1) is 7.99. The van der Waals surface area contributed by atoms with Gasteiger partial charge in [-0.05, 0) is 27.6 Å². The van der Waals surface area contributed by atoms with Gasteiger partial charge in [-0.15, -0.1) is 0 Å². The van der Waals surface area contributed by atoms with Crippen molar-refractivity contribution in [2.24, 2.45) is 0 Å². The van der Waals surface area contributed by atoms with Crippen LogP contribution < -0.4 is 0 Å². The minimum Gasteiger partial charge on any atom is -0.469 e. The quantitative estimate of drug-likeness (QED) is 0.600. The molecule has 1 aromatic heterocycles. The number of alkyl halides is 3. The van der Waals surface area contributed by atoms with Crippen molar-refractivity contribution in [1.29, 1.82) is 0 Å². The molecule has 0 aliphatic heterocycles. The topological polar surface area (TPSA) is 39.2 Å². The largest absolute Gasteiger partial charge is 0.469 e. The van der Waals surface area contributed by atoms with Gasteiger partial charge in [0.05, 0.1) is 19.2 Å². The van der Waals surface area contributed by atoms with Gasteiger partial charge in [-0.1, -0.05) is 15.9 Å². The minimum absolute atomic E-state index is 0.170. The summed E-state index contributed by atoms with van der Waals surface area (Å²) in [5, 5.41) is 0.353. The predicted molar refractivity (Wildman–Crippen MR) is 65.2 cm³/mol. The number of carbonyl (C=O) groups is 1. The molecule has 0 radical (unpaired) electrons. The predicted octanol–water partition coefficient (Wildman–Crippen LogP) is 3.39. The van der Waals surface area contributed by atoms with E-state index in [9.17, 15) is 13.6 Å². The van der Waals surface area contributed by atoms with E-state index in [1.807, 2.05) is 0 Å². The van der Waals surface area contributed by atoms with Crippen LogP contribution in [0.5, 0.6) is 0 Å². The molecule has 1 rings (SSSR count). The van der Waals surface area contributed by atoms with E-state index in [-0.39, 0.29) is 17.7 Å². The molecule has 0 saturated carbocycles. The monoisotopic (exact) mass is 371 g/mol. The Morgan fingerprint density at radius 3 is 2.71 bits per heavy atom. The summed E-state index contributed by atoms with van der Waals surface area (Å²) in [5.41, 5.74) is 0.255. The van der Waals surface area contributed by atoms with Gasteiger partial charge in [-0.2, -0.15) is 0 Å². The van der Waals surface area contributed by atoms with Crippen LogP contribution in [-0.4, -0.2) is 18.1 Å². The van der Waals surface area contributed by atoms with Crippen molar-refractivity contribution in [1.82, 2.24) is 4.98 Å². The lowest BCUT2D eigenvalue weighted by Crippen LogP contribution is -2.10. The first kappa shape index (κ1) is 14.5. The number of ether oxygens (including phenoxy) is 1. The van der Waals surface area contributed by atoms with Gasteiger partial charge in [0.15, 0.2) is 0 Å². The molecule has 0 amide bonds. The number of hydrogen-bond donors (Lipinski definition) is 0. The van der Waals surface area contributed by atoms with Crippen LogP contribution in [0.4, 0.5) is 8.78 Å². The van der Waals surface area contributed by atoms with Crippen LogP contribution in [-0.2, 0) is 21.3 Å². The van der Waals surface area contributed by atoms with Gasteiger partial charge < -0.3 is 4.74 Å². The van der Waals surface area contributed by atoms with E-state index in [0.29, 0.717) is 15.5 Å². The summed E-state index contributed by atoms with van der Waals surface area (Å²) in [7, 11) is 1.21. The zero-order valence-electron chi connectivity index (χ0n) is 8.84. The van der Waals surface area contributed by atoms with Gasteiger partial charge >= 0.3 is 5.97 Å². The average Bonchev–Trinajstić information content (AvgIpc) is 2.28. The smallest absolute Gasteiger partial charge is 0.310 e. The van der Waals surface area contributed by atoms with E-state index in [1.165, 1.54) is 13.2 Å². The van der Waals surface area contributed by atoms with Gasteiger partial charge in [0.25, 0.3) is 6.43 Å². The molecule has 0 aliphatic rings. The number of carbonyl (C=O) groups excluding carboxylic acids is 1. The summed E-state index contributed by atoms with van der Waals surface area (Å²) >= 11 is 6.36. The van der Waals surface area contributed by atoms with Crippen molar-refractivity contribution in [2.75, 3.05) is 7.11 Å². The number of hydrogen-bond acceptors (Lipinski definition) is 3. The summed E-state index contributed by atoms with van der Waals surface area (Å²) in [6.07, 6.45) is -2.94. The number of esters is 1. The molecule has 0 atom stereocenters. The Balaban J connectivity index is 3.18. The molecule has 0 bridgehead atoms. The van der Waals surface area contributed by atoms with Gasteiger partial charge in [-0.3, -0.25) is 4.79 Å². The van der Waals surface area contributed by atoms with E-state index < -0.39 is 12.4 Å². The SMILES string of the molecule is COC(=O)Cc1cc(Br)c(CBr)nc1C(F)F. The first-order valence-corrected chi connectivity index (χ1v) is 6.50. The number of pyridine rings is 1. The number of aromatic nitrogens is 1. The van der Waals surface area contributed by atoms with Gasteiger partial charge in [0.2, 0.25) is 0 Å². The molecule has 94 valence electrons. The highest BCUT2D eigenvalue weighted by molar-refractivity contribution is 9.10. The fourth-order valence-corrected chi connectivity index (χ4v) is 2.54. The Morgan fingerprint density at radius 2 is 2.24 bits per heavy atom. The molecule has 0 unspecified atom stereocenters. The number of methoxy groups -OCH3 is 1. The molecule has 3 nitrogen and oxygen atoms in total. The zero-order valence-corrected chi connectivity index (χ0v) is 12.0. The molecule has 0 N–H and O–H groups in total. The molecule has 0 spiro atoms.